The van der Waals surface area contributed by atoms with Crippen LogP contribution in [0.2, 0.25) is 0 Å². The molecule has 118 valence electrons. The molecule has 5 nitrogen and oxygen atoms in total. The number of piperidine rings is 1. The van der Waals surface area contributed by atoms with Gasteiger partial charge in [0.15, 0.2) is 0 Å². The lowest BCUT2D eigenvalue weighted by atomic mass is 9.76. The number of carboxylic acids is 1. The average molecular weight is 358 g/mol. The second-order valence-corrected chi connectivity index (χ2v) is 6.69. The summed E-state index contributed by atoms with van der Waals surface area (Å²) in [5, 5.41) is 14.0. The van der Waals surface area contributed by atoms with Crippen molar-refractivity contribution in [1.82, 2.24) is 14.7 Å². The van der Waals surface area contributed by atoms with Gasteiger partial charge in [0.1, 0.15) is 0 Å². The number of aromatic nitrogens is 2. The van der Waals surface area contributed by atoms with E-state index in [2.05, 4.69) is 32.9 Å². The van der Waals surface area contributed by atoms with Crippen molar-refractivity contribution in [3.05, 3.63) is 15.9 Å². The van der Waals surface area contributed by atoms with E-state index in [1.165, 1.54) is 5.69 Å². The number of rotatable bonds is 5. The molecular weight excluding hydrogens is 334 g/mol. The first-order valence-electron chi connectivity index (χ1n) is 7.59. The molecule has 0 atom stereocenters. The SMILES string of the molecule is CCc1nn(C)c(CN2CCC(CC)(C(=O)O)CC2)c1Br. The van der Waals surface area contributed by atoms with Gasteiger partial charge in [-0.2, -0.15) is 5.10 Å². The van der Waals surface area contributed by atoms with Crippen molar-refractivity contribution in [2.75, 3.05) is 13.1 Å². The molecule has 1 aromatic rings. The van der Waals surface area contributed by atoms with Crippen LogP contribution in [0.1, 0.15) is 44.5 Å². The number of carbonyl (C=O) groups is 1. The van der Waals surface area contributed by atoms with Crippen LogP contribution in [-0.4, -0.2) is 38.8 Å². The molecule has 1 N–H and O–H groups in total. The third kappa shape index (κ3) is 3.16. The fourth-order valence-electron chi connectivity index (χ4n) is 3.06. The molecule has 0 radical (unpaired) electrons. The molecular formula is C15H24BrN3O2. The smallest absolute Gasteiger partial charge is 0.309 e. The molecule has 1 aliphatic rings. The van der Waals surface area contributed by atoms with Gasteiger partial charge >= 0.3 is 5.97 Å². The van der Waals surface area contributed by atoms with Crippen molar-refractivity contribution in [3.63, 3.8) is 0 Å². The first-order chi connectivity index (χ1) is 9.93. The third-order valence-corrected chi connectivity index (χ3v) is 5.74. The molecule has 1 saturated heterocycles. The topological polar surface area (TPSA) is 58.4 Å². The van der Waals surface area contributed by atoms with Crippen molar-refractivity contribution in [2.45, 2.75) is 46.1 Å². The molecule has 0 saturated carbocycles. The van der Waals surface area contributed by atoms with Gasteiger partial charge in [-0.3, -0.25) is 14.4 Å². The minimum Gasteiger partial charge on any atom is -0.481 e. The van der Waals surface area contributed by atoms with E-state index in [4.69, 9.17) is 0 Å². The van der Waals surface area contributed by atoms with E-state index in [1.54, 1.807) is 0 Å². The van der Waals surface area contributed by atoms with Crippen LogP contribution in [0.5, 0.6) is 0 Å². The number of nitrogens with zero attached hydrogens (tertiary/aromatic N) is 3. The van der Waals surface area contributed by atoms with E-state index < -0.39 is 11.4 Å². The fourth-order valence-corrected chi connectivity index (χ4v) is 3.80. The Bertz CT molecular complexity index is 519. The van der Waals surface area contributed by atoms with Crippen LogP contribution in [0.15, 0.2) is 4.47 Å². The largest absolute Gasteiger partial charge is 0.481 e. The van der Waals surface area contributed by atoms with E-state index >= 15 is 0 Å². The van der Waals surface area contributed by atoms with Crippen molar-refractivity contribution in [3.8, 4) is 0 Å². The molecule has 2 rings (SSSR count). The molecule has 0 unspecified atom stereocenters. The number of hydrogen-bond donors (Lipinski definition) is 1. The summed E-state index contributed by atoms with van der Waals surface area (Å²) in [6, 6.07) is 0. The van der Waals surface area contributed by atoms with E-state index in [-0.39, 0.29) is 0 Å². The molecule has 0 bridgehead atoms. The highest BCUT2D eigenvalue weighted by atomic mass is 79.9. The fraction of sp³-hybridized carbons (Fsp3) is 0.733. The molecule has 0 aromatic carbocycles. The van der Waals surface area contributed by atoms with Gasteiger partial charge in [0, 0.05) is 13.6 Å². The Labute approximate surface area is 134 Å². The standard InChI is InChI=1S/C15H24BrN3O2/c1-4-11-13(16)12(18(3)17-11)10-19-8-6-15(5-2,7-9-19)14(20)21/h4-10H2,1-3H3,(H,20,21). The van der Waals surface area contributed by atoms with Crippen LogP contribution in [0, 0.1) is 5.41 Å². The summed E-state index contributed by atoms with van der Waals surface area (Å²) in [4.78, 5) is 13.8. The quantitative estimate of drug-likeness (QED) is 0.879. The first-order valence-corrected chi connectivity index (χ1v) is 8.38. The summed E-state index contributed by atoms with van der Waals surface area (Å²) in [6.07, 6.45) is 3.09. The lowest BCUT2D eigenvalue weighted by Gasteiger charge is -2.38. The zero-order valence-electron chi connectivity index (χ0n) is 13.0. The minimum absolute atomic E-state index is 0.519. The second-order valence-electron chi connectivity index (χ2n) is 5.90. The molecule has 21 heavy (non-hydrogen) atoms. The maximum absolute atomic E-state index is 11.5. The number of carboxylic acid groups (broad SMARTS) is 1. The highest BCUT2D eigenvalue weighted by molar-refractivity contribution is 9.10. The van der Waals surface area contributed by atoms with Crippen LogP contribution >= 0.6 is 15.9 Å². The van der Waals surface area contributed by atoms with Crippen LogP contribution in [0.3, 0.4) is 0 Å². The molecule has 1 aliphatic heterocycles. The van der Waals surface area contributed by atoms with E-state index in [0.29, 0.717) is 6.42 Å². The Balaban J connectivity index is 2.04. The molecule has 1 fully saturated rings. The molecule has 0 spiro atoms. The Kier molecular flexibility index (Phi) is 5.09. The number of likely N-dealkylation sites (tertiary alicyclic amines) is 1. The van der Waals surface area contributed by atoms with Gasteiger partial charge in [0.05, 0.1) is 21.3 Å². The van der Waals surface area contributed by atoms with Gasteiger partial charge in [-0.1, -0.05) is 13.8 Å². The normalized spacial score (nSPS) is 18.9. The summed E-state index contributed by atoms with van der Waals surface area (Å²) >= 11 is 3.64. The summed E-state index contributed by atoms with van der Waals surface area (Å²) in [6.45, 7) is 6.57. The maximum Gasteiger partial charge on any atom is 0.309 e. The van der Waals surface area contributed by atoms with Crippen LogP contribution < -0.4 is 0 Å². The first kappa shape index (κ1) is 16.5. The van der Waals surface area contributed by atoms with Crippen molar-refractivity contribution in [1.29, 1.82) is 0 Å². The molecule has 2 heterocycles. The molecule has 6 heteroatoms. The highest BCUT2D eigenvalue weighted by Gasteiger charge is 2.39. The molecule has 0 aliphatic carbocycles. The predicted molar refractivity (Wildman–Crippen MR) is 85.2 cm³/mol. The average Bonchev–Trinajstić information content (AvgIpc) is 2.75. The van der Waals surface area contributed by atoms with Crippen LogP contribution in [0.25, 0.3) is 0 Å². The number of halogens is 1. The van der Waals surface area contributed by atoms with Gasteiger partial charge < -0.3 is 5.11 Å². The van der Waals surface area contributed by atoms with Gasteiger partial charge in [-0.15, -0.1) is 0 Å². The Morgan fingerprint density at radius 3 is 2.43 bits per heavy atom. The van der Waals surface area contributed by atoms with Gasteiger partial charge in [-0.05, 0) is 54.7 Å². The van der Waals surface area contributed by atoms with Gasteiger partial charge in [0.2, 0.25) is 0 Å². The van der Waals surface area contributed by atoms with Crippen LogP contribution in [0.4, 0.5) is 0 Å². The number of aliphatic carboxylic acids is 1. The monoisotopic (exact) mass is 357 g/mol. The Morgan fingerprint density at radius 2 is 2.00 bits per heavy atom. The summed E-state index contributed by atoms with van der Waals surface area (Å²) in [7, 11) is 1.97. The zero-order valence-corrected chi connectivity index (χ0v) is 14.6. The molecule has 1 aromatic heterocycles. The zero-order chi connectivity index (χ0) is 15.6. The third-order valence-electron chi connectivity index (χ3n) is 4.82. The second kappa shape index (κ2) is 6.48. The highest BCUT2D eigenvalue weighted by Crippen LogP contribution is 2.36. The summed E-state index contributed by atoms with van der Waals surface area (Å²) in [5.41, 5.74) is 1.73. The maximum atomic E-state index is 11.5. The minimum atomic E-state index is -0.639. The van der Waals surface area contributed by atoms with Crippen molar-refractivity contribution >= 4 is 21.9 Å². The van der Waals surface area contributed by atoms with Gasteiger partial charge in [-0.25, -0.2) is 0 Å². The lowest BCUT2D eigenvalue weighted by molar-refractivity contribution is -0.152. The van der Waals surface area contributed by atoms with Crippen molar-refractivity contribution in [2.24, 2.45) is 12.5 Å². The van der Waals surface area contributed by atoms with Crippen LogP contribution in [-0.2, 0) is 24.8 Å². The summed E-state index contributed by atoms with van der Waals surface area (Å²) < 4.78 is 3.03. The number of aryl methyl sites for hydroxylation is 2. The van der Waals surface area contributed by atoms with Crippen molar-refractivity contribution < 1.29 is 9.90 Å². The van der Waals surface area contributed by atoms with Gasteiger partial charge in [0.25, 0.3) is 0 Å². The Morgan fingerprint density at radius 1 is 1.38 bits per heavy atom. The predicted octanol–water partition coefficient (Wildman–Crippen LogP) is 2.82. The van der Waals surface area contributed by atoms with E-state index in [0.717, 1.165) is 49.1 Å². The van der Waals surface area contributed by atoms with E-state index in [1.807, 2.05) is 18.7 Å². The lowest BCUT2D eigenvalue weighted by Crippen LogP contribution is -2.43. The van der Waals surface area contributed by atoms with E-state index in [9.17, 15) is 9.90 Å². The molecule has 0 amide bonds. The summed E-state index contributed by atoms with van der Waals surface area (Å²) in [5.74, 6) is -0.639. The Hall–Kier alpha value is -0.880. The number of hydrogen-bond acceptors (Lipinski definition) is 3.